The highest BCUT2D eigenvalue weighted by Gasteiger charge is 2.23. The van der Waals surface area contributed by atoms with Crippen LogP contribution in [0.3, 0.4) is 0 Å². The summed E-state index contributed by atoms with van der Waals surface area (Å²) in [4.78, 5) is 13.3. The summed E-state index contributed by atoms with van der Waals surface area (Å²) in [6.07, 6.45) is 1.91. The number of aromatic nitrogens is 1. The molecule has 5 nitrogen and oxygen atoms in total. The van der Waals surface area contributed by atoms with E-state index in [2.05, 4.69) is 58.0 Å². The van der Waals surface area contributed by atoms with Crippen molar-refractivity contribution in [1.82, 2.24) is 4.40 Å². The quantitative estimate of drug-likeness (QED) is 0.217. The molecule has 3 aromatic carbocycles. The number of pyridine rings is 1. The fourth-order valence-corrected chi connectivity index (χ4v) is 4.97. The Morgan fingerprint density at radius 2 is 1.44 bits per heavy atom. The highest BCUT2D eigenvalue weighted by atomic mass is 16.4. The van der Waals surface area contributed by atoms with Gasteiger partial charge in [0.05, 0.1) is 5.52 Å². The Bertz CT molecular complexity index is 1890. The lowest BCUT2D eigenvalue weighted by atomic mass is 9.95. The molecule has 34 heavy (non-hydrogen) atoms. The molecule has 0 aliphatic rings. The van der Waals surface area contributed by atoms with Crippen LogP contribution in [0.5, 0.6) is 11.5 Å². The van der Waals surface area contributed by atoms with Crippen molar-refractivity contribution >= 4 is 38.2 Å². The molecule has 168 valence electrons. The Balaban J connectivity index is 1.97. The molecule has 6 rings (SSSR count). The Hall–Kier alpha value is -4.25. The third-order valence-electron chi connectivity index (χ3n) is 7.07. The molecule has 0 spiro atoms. The number of aromatic hydroxyl groups is 2. The largest absolute Gasteiger partial charge is 0.504 e. The molecule has 0 aliphatic carbocycles. The number of aryl methyl sites for hydroxylation is 4. The van der Waals surface area contributed by atoms with E-state index >= 15 is 0 Å². The van der Waals surface area contributed by atoms with Gasteiger partial charge < -0.3 is 19.0 Å². The summed E-state index contributed by atoms with van der Waals surface area (Å²) >= 11 is 0. The predicted octanol–water partition coefficient (Wildman–Crippen LogP) is 6.66. The maximum absolute atomic E-state index is 13.3. The van der Waals surface area contributed by atoms with Gasteiger partial charge in [-0.25, -0.2) is 4.79 Å². The lowest BCUT2D eigenvalue weighted by Gasteiger charge is -2.10. The summed E-state index contributed by atoms with van der Waals surface area (Å²) in [5.41, 5.74) is 7.60. The van der Waals surface area contributed by atoms with Gasteiger partial charge >= 0.3 is 5.63 Å². The highest BCUT2D eigenvalue weighted by Crippen LogP contribution is 2.43. The smallest absolute Gasteiger partial charge is 0.361 e. The number of nitrogens with zero attached hydrogens (tertiary/aromatic N) is 1. The molecule has 0 radical (unpaired) electrons. The van der Waals surface area contributed by atoms with Crippen molar-refractivity contribution in [1.29, 1.82) is 0 Å². The van der Waals surface area contributed by atoms with E-state index in [9.17, 15) is 15.0 Å². The number of rotatable bonds is 1. The molecule has 0 amide bonds. The van der Waals surface area contributed by atoms with Gasteiger partial charge in [-0.3, -0.25) is 0 Å². The van der Waals surface area contributed by atoms with E-state index in [1.54, 1.807) is 0 Å². The average molecular weight is 450 g/mol. The minimum absolute atomic E-state index is 0.227. The van der Waals surface area contributed by atoms with E-state index in [0.717, 1.165) is 38.5 Å². The summed E-state index contributed by atoms with van der Waals surface area (Å²) in [6.45, 7) is 8.32. The lowest BCUT2D eigenvalue weighted by molar-refractivity contribution is 0.403. The van der Waals surface area contributed by atoms with Crippen LogP contribution >= 0.6 is 0 Å². The van der Waals surface area contributed by atoms with Crippen LogP contribution in [-0.2, 0) is 0 Å². The number of hydrogen-bond donors (Lipinski definition) is 2. The van der Waals surface area contributed by atoms with E-state index < -0.39 is 5.63 Å². The third-order valence-corrected chi connectivity index (χ3v) is 7.07. The summed E-state index contributed by atoms with van der Waals surface area (Å²) in [5.74, 6) is -0.594. The first-order valence-corrected chi connectivity index (χ1v) is 11.2. The minimum atomic E-state index is -0.499. The summed E-state index contributed by atoms with van der Waals surface area (Å²) in [6, 6.07) is 15.4. The van der Waals surface area contributed by atoms with Crippen molar-refractivity contribution in [3.63, 3.8) is 0 Å². The summed E-state index contributed by atoms with van der Waals surface area (Å²) < 4.78 is 7.51. The van der Waals surface area contributed by atoms with Gasteiger partial charge in [0.1, 0.15) is 11.1 Å². The first kappa shape index (κ1) is 20.4. The molecule has 0 fully saturated rings. The zero-order valence-corrected chi connectivity index (χ0v) is 19.4. The van der Waals surface area contributed by atoms with Crippen molar-refractivity contribution in [3.8, 4) is 22.6 Å². The van der Waals surface area contributed by atoms with E-state index in [-0.39, 0.29) is 17.1 Å². The van der Waals surface area contributed by atoms with E-state index in [1.165, 1.54) is 23.3 Å². The van der Waals surface area contributed by atoms with Crippen molar-refractivity contribution < 1.29 is 14.6 Å². The molecule has 0 aliphatic heterocycles. The van der Waals surface area contributed by atoms with Gasteiger partial charge in [-0.1, -0.05) is 24.3 Å². The Morgan fingerprint density at radius 1 is 0.735 bits per heavy atom. The molecule has 6 aromatic rings. The molecule has 2 N–H and O–H groups in total. The number of fused-ring (bicyclic) bond motifs is 7. The first-order chi connectivity index (χ1) is 16.2. The third kappa shape index (κ3) is 2.70. The Kier molecular flexibility index (Phi) is 4.12. The summed E-state index contributed by atoms with van der Waals surface area (Å²) in [5, 5.41) is 23.8. The van der Waals surface area contributed by atoms with Gasteiger partial charge in [-0.05, 0) is 79.1 Å². The van der Waals surface area contributed by atoms with Crippen LogP contribution in [0.1, 0.15) is 22.3 Å². The van der Waals surface area contributed by atoms with E-state index in [4.69, 9.17) is 4.42 Å². The average Bonchev–Trinajstić information content (AvgIpc) is 3.14. The van der Waals surface area contributed by atoms with Gasteiger partial charge in [0.2, 0.25) is 0 Å². The molecule has 0 bridgehead atoms. The van der Waals surface area contributed by atoms with Crippen molar-refractivity contribution in [2.75, 3.05) is 0 Å². The maximum atomic E-state index is 13.3. The highest BCUT2D eigenvalue weighted by molar-refractivity contribution is 6.21. The van der Waals surface area contributed by atoms with Gasteiger partial charge in [0.15, 0.2) is 11.5 Å². The van der Waals surface area contributed by atoms with Crippen LogP contribution in [0.15, 0.2) is 63.9 Å². The predicted molar refractivity (Wildman–Crippen MR) is 136 cm³/mol. The van der Waals surface area contributed by atoms with Gasteiger partial charge in [-0.15, -0.1) is 0 Å². The van der Waals surface area contributed by atoms with Crippen LogP contribution in [0, 0.1) is 27.7 Å². The molecular weight excluding hydrogens is 426 g/mol. The van der Waals surface area contributed by atoms with Gasteiger partial charge in [-0.2, -0.15) is 0 Å². The normalized spacial score (nSPS) is 11.9. The second-order valence-corrected chi connectivity index (χ2v) is 9.18. The number of hydrogen-bond acceptors (Lipinski definition) is 4. The first-order valence-electron chi connectivity index (χ1n) is 11.2. The van der Waals surface area contributed by atoms with Crippen molar-refractivity contribution in [3.05, 3.63) is 87.4 Å². The monoisotopic (exact) mass is 449 g/mol. The van der Waals surface area contributed by atoms with E-state index in [1.807, 2.05) is 16.7 Å². The number of phenolic OH excluding ortho intramolecular Hbond substituents is 2. The fourth-order valence-electron chi connectivity index (χ4n) is 4.97. The Labute approximate surface area is 195 Å². The van der Waals surface area contributed by atoms with E-state index in [0.29, 0.717) is 16.3 Å². The zero-order valence-electron chi connectivity index (χ0n) is 19.4. The summed E-state index contributed by atoms with van der Waals surface area (Å²) in [7, 11) is 0. The SMILES string of the molecule is Cc1ccc(-c2c3c4cc(O)c(O)cc4oc(=O)c3n3ccc4cc(C)c(C)cc4c23)cc1C. The fraction of sp³-hybridized carbons (Fsp3) is 0.138. The molecule has 5 heteroatoms. The maximum Gasteiger partial charge on any atom is 0.361 e. The topological polar surface area (TPSA) is 75.1 Å². The van der Waals surface area contributed by atoms with Crippen LogP contribution in [0.2, 0.25) is 0 Å². The minimum Gasteiger partial charge on any atom is -0.504 e. The van der Waals surface area contributed by atoms with Crippen LogP contribution in [0.4, 0.5) is 0 Å². The molecular formula is C29H23NO4. The molecule has 0 atom stereocenters. The van der Waals surface area contributed by atoms with Crippen molar-refractivity contribution in [2.45, 2.75) is 27.7 Å². The number of benzene rings is 3. The van der Waals surface area contributed by atoms with Gasteiger partial charge in [0.25, 0.3) is 0 Å². The number of phenols is 2. The van der Waals surface area contributed by atoms with Crippen LogP contribution < -0.4 is 5.63 Å². The second-order valence-electron chi connectivity index (χ2n) is 9.18. The zero-order chi connectivity index (χ0) is 23.9. The van der Waals surface area contributed by atoms with Crippen LogP contribution in [-0.4, -0.2) is 14.6 Å². The molecule has 0 saturated heterocycles. The Morgan fingerprint density at radius 3 is 2.21 bits per heavy atom. The molecule has 3 heterocycles. The standard InChI is InChI=1S/C29H23NO4/c1-14-5-6-19(10-15(14)2)25-26-21-12-22(31)23(32)13-24(21)34-29(33)28(26)30-8-7-18-9-16(3)17(4)11-20(18)27(25)30/h5-13,31-32H,1-4H3. The molecule has 0 saturated carbocycles. The second kappa shape index (κ2) is 6.87. The molecule has 0 unspecified atom stereocenters. The van der Waals surface area contributed by atoms with Gasteiger partial charge in [0, 0.05) is 34.0 Å². The van der Waals surface area contributed by atoms with Crippen molar-refractivity contribution in [2.24, 2.45) is 0 Å². The lowest BCUT2D eigenvalue weighted by Crippen LogP contribution is -2.02. The molecule has 3 aromatic heterocycles. The van der Waals surface area contributed by atoms with Crippen LogP contribution in [0.25, 0.3) is 49.3 Å².